The molecule has 1 unspecified atom stereocenters. The van der Waals surface area contributed by atoms with Gasteiger partial charge in [0.2, 0.25) is 10.0 Å². The molecule has 0 spiro atoms. The highest BCUT2D eigenvalue weighted by Gasteiger charge is 2.31. The number of benzene rings is 1. The lowest BCUT2D eigenvalue weighted by atomic mass is 9.93. The first-order chi connectivity index (χ1) is 14.3. The molecule has 0 saturated heterocycles. The van der Waals surface area contributed by atoms with Gasteiger partial charge in [-0.3, -0.25) is 0 Å². The van der Waals surface area contributed by atoms with E-state index in [1.807, 2.05) is 45.9 Å². The van der Waals surface area contributed by atoms with Crippen molar-refractivity contribution in [2.45, 2.75) is 64.2 Å². The predicted molar refractivity (Wildman–Crippen MR) is 123 cm³/mol. The molecule has 1 aromatic carbocycles. The molecule has 2 aromatic rings. The van der Waals surface area contributed by atoms with Gasteiger partial charge in [0.15, 0.2) is 5.25 Å². The number of hydrogen-bond acceptors (Lipinski definition) is 5. The van der Waals surface area contributed by atoms with Gasteiger partial charge in [-0.25, -0.2) is 17.9 Å². The summed E-state index contributed by atoms with van der Waals surface area (Å²) in [7, 11) is -4.20. The van der Waals surface area contributed by atoms with E-state index in [1.165, 1.54) is 18.4 Å². The summed E-state index contributed by atoms with van der Waals surface area (Å²) in [5, 5.41) is 11.5. The predicted octanol–water partition coefficient (Wildman–Crippen LogP) is 5.13. The quantitative estimate of drug-likeness (QED) is 0.485. The number of urea groups is 1. The van der Waals surface area contributed by atoms with E-state index in [0.717, 1.165) is 11.1 Å². The molecule has 170 valence electrons. The molecule has 1 aromatic heterocycles. The van der Waals surface area contributed by atoms with Crippen LogP contribution in [0.3, 0.4) is 0 Å². The Balaban J connectivity index is 2.31. The molecule has 8 heteroatoms. The molecule has 0 radical (unpaired) electrons. The number of nitrogens with one attached hydrogen (secondary N) is 2. The first-order valence-corrected chi connectivity index (χ1v) is 11.7. The van der Waals surface area contributed by atoms with Gasteiger partial charge in [-0.15, -0.1) is 6.58 Å². The lowest BCUT2D eigenvalue weighted by molar-refractivity contribution is 0.0779. The summed E-state index contributed by atoms with van der Waals surface area (Å²) in [5.74, 6) is 0.322. The number of anilines is 1. The van der Waals surface area contributed by atoms with Gasteiger partial charge in [0.05, 0.1) is 11.9 Å². The standard InChI is InChI=1S/C23H32N2O5S/c1-8-20(19-12-16(13-30-19)23(6,7)27)31(28,29)25-22(26)24-21-17(14(2)3)10-9-11-18(21)15(4)5/h8-15,20,27H,1H2,2-7H3,(H2,24,25,26). The van der Waals surface area contributed by atoms with E-state index in [0.29, 0.717) is 11.3 Å². The molecular formula is C23H32N2O5S. The molecule has 31 heavy (non-hydrogen) atoms. The van der Waals surface area contributed by atoms with Crippen molar-refractivity contribution in [2.75, 3.05) is 5.32 Å². The van der Waals surface area contributed by atoms with Gasteiger partial charge in [-0.05, 0) is 42.9 Å². The molecule has 0 aliphatic carbocycles. The zero-order valence-electron chi connectivity index (χ0n) is 18.9. The van der Waals surface area contributed by atoms with Crippen LogP contribution >= 0.6 is 0 Å². The van der Waals surface area contributed by atoms with Crippen LogP contribution in [0.25, 0.3) is 0 Å². The normalized spacial score (nSPS) is 13.3. The summed E-state index contributed by atoms with van der Waals surface area (Å²) in [4.78, 5) is 12.7. The zero-order chi connectivity index (χ0) is 23.6. The van der Waals surface area contributed by atoms with Gasteiger partial charge in [-0.1, -0.05) is 52.0 Å². The maximum absolute atomic E-state index is 12.9. The highest BCUT2D eigenvalue weighted by Crippen LogP contribution is 2.33. The summed E-state index contributed by atoms with van der Waals surface area (Å²) in [6.45, 7) is 14.7. The van der Waals surface area contributed by atoms with Crippen LogP contribution in [-0.4, -0.2) is 19.6 Å². The van der Waals surface area contributed by atoms with Crippen molar-refractivity contribution in [2.24, 2.45) is 0 Å². The minimum atomic E-state index is -4.20. The van der Waals surface area contributed by atoms with E-state index in [1.54, 1.807) is 13.8 Å². The van der Waals surface area contributed by atoms with Crippen molar-refractivity contribution in [3.05, 3.63) is 65.6 Å². The lowest BCUT2D eigenvalue weighted by Gasteiger charge is -2.21. The van der Waals surface area contributed by atoms with Crippen LogP contribution in [0.15, 0.2) is 47.6 Å². The highest BCUT2D eigenvalue weighted by molar-refractivity contribution is 7.90. The summed E-state index contributed by atoms with van der Waals surface area (Å²) in [5.41, 5.74) is 1.66. The van der Waals surface area contributed by atoms with Crippen molar-refractivity contribution in [1.29, 1.82) is 0 Å². The van der Waals surface area contributed by atoms with E-state index < -0.39 is 26.9 Å². The number of sulfonamides is 1. The SMILES string of the molecule is C=CC(c1cc(C(C)(C)O)co1)S(=O)(=O)NC(=O)Nc1c(C(C)C)cccc1C(C)C. The number of carbonyl (C=O) groups is 1. The van der Waals surface area contributed by atoms with Crippen molar-refractivity contribution in [3.63, 3.8) is 0 Å². The van der Waals surface area contributed by atoms with Gasteiger partial charge in [0.1, 0.15) is 5.76 Å². The average molecular weight is 449 g/mol. The molecule has 0 aliphatic rings. The van der Waals surface area contributed by atoms with Gasteiger partial charge in [0.25, 0.3) is 0 Å². The van der Waals surface area contributed by atoms with E-state index >= 15 is 0 Å². The van der Waals surface area contributed by atoms with Crippen LogP contribution in [-0.2, 0) is 15.6 Å². The fraction of sp³-hybridized carbons (Fsp3) is 0.435. The molecule has 7 nitrogen and oxygen atoms in total. The Morgan fingerprint density at radius 3 is 2.13 bits per heavy atom. The monoisotopic (exact) mass is 448 g/mol. The third-order valence-electron chi connectivity index (χ3n) is 5.00. The van der Waals surface area contributed by atoms with Crippen LogP contribution in [0.4, 0.5) is 10.5 Å². The molecule has 1 atom stereocenters. The molecule has 2 rings (SSSR count). The summed E-state index contributed by atoms with van der Waals surface area (Å²) in [6, 6.07) is 6.32. The first-order valence-electron chi connectivity index (χ1n) is 10.2. The Morgan fingerprint density at radius 1 is 1.16 bits per heavy atom. The number of furan rings is 1. The maximum atomic E-state index is 12.9. The third-order valence-corrected chi connectivity index (χ3v) is 6.56. The first kappa shape index (κ1) is 24.7. The Bertz CT molecular complexity index is 1020. The fourth-order valence-corrected chi connectivity index (χ4v) is 4.36. The Hall–Kier alpha value is -2.58. The van der Waals surface area contributed by atoms with Crippen LogP contribution < -0.4 is 10.0 Å². The van der Waals surface area contributed by atoms with Crippen LogP contribution in [0, 0.1) is 0 Å². The van der Waals surface area contributed by atoms with E-state index in [-0.39, 0.29) is 17.6 Å². The number of carbonyl (C=O) groups excluding carboxylic acids is 1. The number of para-hydroxylation sites is 1. The van der Waals surface area contributed by atoms with Crippen LogP contribution in [0.2, 0.25) is 0 Å². The Kier molecular flexibility index (Phi) is 7.39. The second-order valence-corrected chi connectivity index (χ2v) is 10.5. The summed E-state index contributed by atoms with van der Waals surface area (Å²) < 4.78 is 33.2. The molecule has 0 aliphatic heterocycles. The molecule has 0 fully saturated rings. The topological polar surface area (TPSA) is 109 Å². The number of hydrogen-bond donors (Lipinski definition) is 3. The minimum Gasteiger partial charge on any atom is -0.467 e. The van der Waals surface area contributed by atoms with Crippen LogP contribution in [0.5, 0.6) is 0 Å². The number of aliphatic hydroxyl groups is 1. The van der Waals surface area contributed by atoms with E-state index in [9.17, 15) is 18.3 Å². The average Bonchev–Trinajstić information content (AvgIpc) is 3.11. The molecule has 3 N–H and O–H groups in total. The van der Waals surface area contributed by atoms with Gasteiger partial charge in [0, 0.05) is 11.3 Å². The number of rotatable bonds is 8. The fourth-order valence-electron chi connectivity index (χ4n) is 3.25. The lowest BCUT2D eigenvalue weighted by Crippen LogP contribution is -2.37. The second-order valence-electron chi connectivity index (χ2n) is 8.68. The third kappa shape index (κ3) is 5.77. The minimum absolute atomic E-state index is 0.0536. The zero-order valence-corrected chi connectivity index (χ0v) is 19.7. The van der Waals surface area contributed by atoms with Crippen LogP contribution in [0.1, 0.15) is 81.1 Å². The van der Waals surface area contributed by atoms with Crippen molar-refractivity contribution < 1.29 is 22.7 Å². The molecular weight excluding hydrogens is 416 g/mol. The van der Waals surface area contributed by atoms with E-state index in [4.69, 9.17) is 4.42 Å². The second kappa shape index (κ2) is 9.28. The van der Waals surface area contributed by atoms with Gasteiger partial charge < -0.3 is 14.8 Å². The van der Waals surface area contributed by atoms with E-state index in [2.05, 4.69) is 16.6 Å². The Morgan fingerprint density at radius 2 is 1.71 bits per heavy atom. The Labute approximate surface area is 184 Å². The smallest absolute Gasteiger partial charge is 0.332 e. The maximum Gasteiger partial charge on any atom is 0.332 e. The largest absolute Gasteiger partial charge is 0.467 e. The molecule has 0 bridgehead atoms. The molecule has 2 amide bonds. The molecule has 1 heterocycles. The van der Waals surface area contributed by atoms with Gasteiger partial charge >= 0.3 is 6.03 Å². The molecule has 0 saturated carbocycles. The van der Waals surface area contributed by atoms with Crippen molar-refractivity contribution in [1.82, 2.24) is 4.72 Å². The summed E-state index contributed by atoms with van der Waals surface area (Å²) >= 11 is 0. The summed E-state index contributed by atoms with van der Waals surface area (Å²) in [6.07, 6.45) is 2.46. The van der Waals surface area contributed by atoms with Gasteiger partial charge in [-0.2, -0.15) is 0 Å². The number of amides is 2. The highest BCUT2D eigenvalue weighted by atomic mass is 32.2. The van der Waals surface area contributed by atoms with Crippen molar-refractivity contribution >= 4 is 21.7 Å². The van der Waals surface area contributed by atoms with Crippen molar-refractivity contribution in [3.8, 4) is 0 Å².